The van der Waals surface area contributed by atoms with Crippen molar-refractivity contribution in [3.63, 3.8) is 0 Å². The molecule has 1 saturated heterocycles. The van der Waals surface area contributed by atoms with Gasteiger partial charge in [0.2, 0.25) is 5.95 Å². The monoisotopic (exact) mass is 512 g/mol. The molecule has 12 heteroatoms. The number of aryl methyl sites for hydroxylation is 1. The van der Waals surface area contributed by atoms with Gasteiger partial charge >= 0.3 is 0 Å². The van der Waals surface area contributed by atoms with Crippen molar-refractivity contribution in [1.29, 1.82) is 0 Å². The molecule has 5 heterocycles. The van der Waals surface area contributed by atoms with Crippen LogP contribution in [0, 0.1) is 11.6 Å². The summed E-state index contributed by atoms with van der Waals surface area (Å²) in [7, 11) is 0. The van der Waals surface area contributed by atoms with Crippen molar-refractivity contribution < 1.29 is 17.6 Å². The van der Waals surface area contributed by atoms with Gasteiger partial charge in [0.1, 0.15) is 22.9 Å². The SMILES string of the molecule is Fc1cnc(Nc2ccc(CN3CCNCC3)cn2)nc1-c1cc(F)c2nc3n(c2c1)[C@@H](C(F)F)CC3. The van der Waals surface area contributed by atoms with Gasteiger partial charge in [-0.05, 0) is 30.2 Å². The zero-order chi connectivity index (χ0) is 25.5. The number of pyridine rings is 1. The molecule has 6 rings (SSSR count). The number of nitrogens with zero attached hydrogens (tertiary/aromatic N) is 6. The summed E-state index contributed by atoms with van der Waals surface area (Å²) in [6, 6.07) is 5.21. The number of aromatic nitrogens is 5. The van der Waals surface area contributed by atoms with Gasteiger partial charge in [0, 0.05) is 50.9 Å². The Labute approximate surface area is 209 Å². The van der Waals surface area contributed by atoms with Crippen LogP contribution in [0.3, 0.4) is 0 Å². The number of nitrogens with one attached hydrogen (secondary N) is 2. The lowest BCUT2D eigenvalue weighted by molar-refractivity contribution is 0.0883. The molecule has 2 aliphatic heterocycles. The molecule has 0 radical (unpaired) electrons. The quantitative estimate of drug-likeness (QED) is 0.377. The van der Waals surface area contributed by atoms with Crippen molar-refractivity contribution in [3.8, 4) is 11.3 Å². The number of hydrogen-bond acceptors (Lipinski definition) is 7. The molecule has 1 fully saturated rings. The molecule has 2 N–H and O–H groups in total. The Balaban J connectivity index is 1.27. The maximum atomic E-state index is 14.9. The van der Waals surface area contributed by atoms with E-state index < -0.39 is 24.1 Å². The van der Waals surface area contributed by atoms with Crippen LogP contribution in [0.15, 0.2) is 36.7 Å². The smallest absolute Gasteiger partial charge is 0.259 e. The second-order valence-electron chi connectivity index (χ2n) is 9.26. The zero-order valence-electron chi connectivity index (χ0n) is 19.8. The van der Waals surface area contributed by atoms with Crippen LogP contribution in [-0.4, -0.2) is 62.0 Å². The number of fused-ring (bicyclic) bond motifs is 3. The van der Waals surface area contributed by atoms with Crippen LogP contribution in [0.4, 0.5) is 29.3 Å². The number of benzene rings is 1. The molecule has 1 aromatic carbocycles. The number of halogens is 4. The predicted octanol–water partition coefficient (Wildman–Crippen LogP) is 4.07. The van der Waals surface area contributed by atoms with E-state index in [1.54, 1.807) is 12.3 Å². The highest BCUT2D eigenvalue weighted by Gasteiger charge is 2.33. The minimum atomic E-state index is -2.62. The van der Waals surface area contributed by atoms with Gasteiger partial charge in [0.05, 0.1) is 17.8 Å². The lowest BCUT2D eigenvalue weighted by atomic mass is 10.1. The number of hydrogen-bond donors (Lipinski definition) is 2. The Bertz CT molecular complexity index is 1430. The molecule has 8 nitrogen and oxygen atoms in total. The van der Waals surface area contributed by atoms with E-state index >= 15 is 0 Å². The first-order valence-corrected chi connectivity index (χ1v) is 12.1. The van der Waals surface area contributed by atoms with Crippen molar-refractivity contribution in [1.82, 2.24) is 34.7 Å². The Hall–Kier alpha value is -3.64. The lowest BCUT2D eigenvalue weighted by Crippen LogP contribution is -2.42. The van der Waals surface area contributed by atoms with Crippen LogP contribution in [0.25, 0.3) is 22.3 Å². The van der Waals surface area contributed by atoms with Crippen LogP contribution >= 0.6 is 0 Å². The van der Waals surface area contributed by atoms with E-state index in [-0.39, 0.29) is 34.7 Å². The topological polar surface area (TPSA) is 83.8 Å². The van der Waals surface area contributed by atoms with E-state index in [4.69, 9.17) is 0 Å². The normalized spacial score (nSPS) is 18.0. The molecule has 3 aromatic heterocycles. The third-order valence-electron chi connectivity index (χ3n) is 6.81. The number of imidazole rings is 1. The molecular formula is C25H24F4N8. The minimum absolute atomic E-state index is 0.0120. The van der Waals surface area contributed by atoms with Gasteiger partial charge in [-0.3, -0.25) is 4.90 Å². The molecular weight excluding hydrogens is 488 g/mol. The average Bonchev–Trinajstić information content (AvgIpc) is 3.47. The highest BCUT2D eigenvalue weighted by atomic mass is 19.3. The predicted molar refractivity (Wildman–Crippen MR) is 130 cm³/mol. The van der Waals surface area contributed by atoms with E-state index in [1.165, 1.54) is 10.6 Å². The Morgan fingerprint density at radius 3 is 2.62 bits per heavy atom. The van der Waals surface area contributed by atoms with Gasteiger partial charge in [-0.25, -0.2) is 37.5 Å². The van der Waals surface area contributed by atoms with E-state index in [0.29, 0.717) is 18.1 Å². The van der Waals surface area contributed by atoms with Crippen LogP contribution in [0.5, 0.6) is 0 Å². The van der Waals surface area contributed by atoms with E-state index in [2.05, 4.69) is 35.5 Å². The fraction of sp³-hybridized carbons (Fsp3) is 0.360. The first-order valence-electron chi connectivity index (χ1n) is 12.1. The highest BCUT2D eigenvalue weighted by Crippen LogP contribution is 2.37. The van der Waals surface area contributed by atoms with Gasteiger partial charge in [-0.1, -0.05) is 6.07 Å². The Kier molecular flexibility index (Phi) is 6.21. The van der Waals surface area contributed by atoms with Crippen LogP contribution < -0.4 is 10.6 Å². The van der Waals surface area contributed by atoms with E-state index in [9.17, 15) is 17.6 Å². The van der Waals surface area contributed by atoms with Gasteiger partial charge < -0.3 is 15.2 Å². The molecule has 4 aromatic rings. The fourth-order valence-corrected chi connectivity index (χ4v) is 4.99. The summed E-state index contributed by atoms with van der Waals surface area (Å²) in [6.07, 6.45) is 0.674. The van der Waals surface area contributed by atoms with Crippen molar-refractivity contribution in [2.45, 2.75) is 31.9 Å². The number of piperazine rings is 1. The summed E-state index contributed by atoms with van der Waals surface area (Å²) < 4.78 is 58.2. The Morgan fingerprint density at radius 1 is 1.03 bits per heavy atom. The summed E-state index contributed by atoms with van der Waals surface area (Å²) >= 11 is 0. The van der Waals surface area contributed by atoms with Gasteiger partial charge in [-0.2, -0.15) is 0 Å². The van der Waals surface area contributed by atoms with Gasteiger partial charge in [-0.15, -0.1) is 0 Å². The number of anilines is 2. The van der Waals surface area contributed by atoms with Gasteiger partial charge in [0.25, 0.3) is 6.43 Å². The molecule has 0 unspecified atom stereocenters. The second kappa shape index (κ2) is 9.67. The molecule has 0 saturated carbocycles. The summed E-state index contributed by atoms with van der Waals surface area (Å²) in [5, 5.41) is 6.27. The largest absolute Gasteiger partial charge is 0.319 e. The first-order chi connectivity index (χ1) is 18.0. The minimum Gasteiger partial charge on any atom is -0.319 e. The molecule has 192 valence electrons. The standard InChI is InChI=1S/C25H24F4N8/c26-16-9-15(10-19-23(16)34-21-4-2-18(24(28)29)37(19)21)22-17(27)12-32-25(35-22)33-20-3-1-14(11-31-20)13-36-7-5-30-6-8-36/h1,3,9-12,18,24,30H,2,4-8,13H2,(H,31,32,33,35)/t18-/m1/s1. The molecule has 37 heavy (non-hydrogen) atoms. The second-order valence-corrected chi connectivity index (χ2v) is 9.26. The molecule has 2 aliphatic rings. The number of rotatable bonds is 6. The number of alkyl halides is 2. The maximum Gasteiger partial charge on any atom is 0.259 e. The van der Waals surface area contributed by atoms with E-state index in [1.807, 2.05) is 6.07 Å². The van der Waals surface area contributed by atoms with Crippen LogP contribution in [0.1, 0.15) is 23.9 Å². The van der Waals surface area contributed by atoms with Crippen molar-refractivity contribution in [2.24, 2.45) is 0 Å². The first kappa shape index (κ1) is 23.7. The summed E-state index contributed by atoms with van der Waals surface area (Å²) in [6.45, 7) is 4.67. The Morgan fingerprint density at radius 2 is 1.86 bits per heavy atom. The van der Waals surface area contributed by atoms with Crippen LogP contribution in [-0.2, 0) is 13.0 Å². The highest BCUT2D eigenvalue weighted by molar-refractivity contribution is 5.83. The molecule has 0 amide bonds. The summed E-state index contributed by atoms with van der Waals surface area (Å²) in [5.41, 5.74) is 1.20. The molecule has 0 bridgehead atoms. The molecule has 0 spiro atoms. The van der Waals surface area contributed by atoms with Crippen molar-refractivity contribution in [3.05, 3.63) is 59.7 Å². The summed E-state index contributed by atoms with van der Waals surface area (Å²) in [4.78, 5) is 19.2. The molecule has 1 atom stereocenters. The summed E-state index contributed by atoms with van der Waals surface area (Å²) in [5.74, 6) is -0.555. The fourth-order valence-electron chi connectivity index (χ4n) is 4.99. The average molecular weight is 513 g/mol. The van der Waals surface area contributed by atoms with Crippen molar-refractivity contribution >= 4 is 22.8 Å². The van der Waals surface area contributed by atoms with Crippen molar-refractivity contribution in [2.75, 3.05) is 31.5 Å². The third-order valence-corrected chi connectivity index (χ3v) is 6.81. The van der Waals surface area contributed by atoms with Gasteiger partial charge in [0.15, 0.2) is 11.6 Å². The molecule has 0 aliphatic carbocycles. The zero-order valence-corrected chi connectivity index (χ0v) is 19.8. The van der Waals surface area contributed by atoms with Crippen LogP contribution in [0.2, 0.25) is 0 Å². The maximum absolute atomic E-state index is 14.9. The third kappa shape index (κ3) is 4.62. The lowest BCUT2D eigenvalue weighted by Gasteiger charge is -2.27. The van der Waals surface area contributed by atoms with E-state index in [0.717, 1.165) is 50.6 Å².